The average molecular weight is 1480 g/mol. The maximum absolute atomic E-state index is 13.1. The van der Waals surface area contributed by atoms with Gasteiger partial charge in [0.2, 0.25) is 0 Å². The quantitative estimate of drug-likeness (QED) is 0.0222. The van der Waals surface area contributed by atoms with Gasteiger partial charge in [0.15, 0.2) is 12.2 Å². The van der Waals surface area contributed by atoms with E-state index in [1.54, 1.807) is 0 Å². The maximum atomic E-state index is 13.1. The number of aliphatic hydroxyl groups excluding tert-OH is 1. The SMILES string of the molecule is CCCCCCCCCCCCCCCCCCC(=O)O[C@H](COC(=O)CCCCCCCCC)COP(=O)(O)OC[C@H](O)COP(=O)(O)OC[C@@H](COC(=O)CCCCCCCCCCCCCCCC(C)C)OC(=O)CCCCCCCCCCCCCCCCCCCCC(C)CC. The number of phosphoric acid groups is 2. The molecule has 0 saturated carbocycles. The molecule has 600 valence electrons. The van der Waals surface area contributed by atoms with Gasteiger partial charge in [-0.25, -0.2) is 9.13 Å². The van der Waals surface area contributed by atoms with Gasteiger partial charge in [-0.05, 0) is 37.5 Å². The summed E-state index contributed by atoms with van der Waals surface area (Å²) in [6, 6.07) is 0. The second-order valence-corrected chi connectivity index (χ2v) is 33.1. The van der Waals surface area contributed by atoms with Crippen molar-refractivity contribution in [2.24, 2.45) is 11.8 Å². The van der Waals surface area contributed by atoms with Crippen LogP contribution in [-0.2, 0) is 65.4 Å². The van der Waals surface area contributed by atoms with Crippen molar-refractivity contribution in [1.29, 1.82) is 0 Å². The third-order valence-electron chi connectivity index (χ3n) is 19.6. The molecular formula is C82H160O17P2. The Balaban J connectivity index is 5.16. The highest BCUT2D eigenvalue weighted by molar-refractivity contribution is 7.47. The largest absolute Gasteiger partial charge is 0.472 e. The lowest BCUT2D eigenvalue weighted by atomic mass is 9.99. The first-order valence-electron chi connectivity index (χ1n) is 42.5. The van der Waals surface area contributed by atoms with Crippen molar-refractivity contribution in [2.75, 3.05) is 39.6 Å². The monoisotopic (exact) mass is 1480 g/mol. The third kappa shape index (κ3) is 74.7. The summed E-state index contributed by atoms with van der Waals surface area (Å²) in [5.74, 6) is -0.449. The fourth-order valence-electron chi connectivity index (χ4n) is 12.7. The second-order valence-electron chi connectivity index (χ2n) is 30.2. The number of ether oxygens (including phenoxy) is 4. The smallest absolute Gasteiger partial charge is 0.462 e. The normalized spacial score (nSPS) is 14.2. The molecule has 6 atom stereocenters. The molecule has 0 aromatic heterocycles. The molecule has 101 heavy (non-hydrogen) atoms. The maximum Gasteiger partial charge on any atom is 0.472 e. The van der Waals surface area contributed by atoms with Crippen molar-refractivity contribution in [3.05, 3.63) is 0 Å². The van der Waals surface area contributed by atoms with Crippen LogP contribution in [0, 0.1) is 11.8 Å². The topological polar surface area (TPSA) is 237 Å². The molecule has 0 radical (unpaired) electrons. The number of aliphatic hydroxyl groups is 1. The number of rotatable bonds is 81. The highest BCUT2D eigenvalue weighted by Crippen LogP contribution is 2.45. The molecule has 0 aliphatic carbocycles. The molecule has 0 aromatic carbocycles. The van der Waals surface area contributed by atoms with Gasteiger partial charge in [-0.1, -0.05) is 382 Å². The van der Waals surface area contributed by atoms with Crippen molar-refractivity contribution in [3.63, 3.8) is 0 Å². The Labute approximate surface area is 619 Å². The fourth-order valence-corrected chi connectivity index (χ4v) is 14.3. The number of esters is 4. The van der Waals surface area contributed by atoms with Crippen LogP contribution >= 0.6 is 15.6 Å². The van der Waals surface area contributed by atoms with Crippen LogP contribution in [0.3, 0.4) is 0 Å². The van der Waals surface area contributed by atoms with Crippen LogP contribution in [0.2, 0.25) is 0 Å². The summed E-state index contributed by atoms with van der Waals surface area (Å²) in [4.78, 5) is 72.9. The van der Waals surface area contributed by atoms with Crippen molar-refractivity contribution >= 4 is 39.5 Å². The van der Waals surface area contributed by atoms with E-state index in [4.69, 9.17) is 37.0 Å². The summed E-state index contributed by atoms with van der Waals surface area (Å²) in [5, 5.41) is 10.6. The number of carbonyl (C=O) groups is 4. The van der Waals surface area contributed by atoms with Crippen LogP contribution in [-0.4, -0.2) is 96.7 Å². The van der Waals surface area contributed by atoms with Crippen molar-refractivity contribution in [2.45, 2.75) is 452 Å². The van der Waals surface area contributed by atoms with E-state index in [0.717, 1.165) is 115 Å². The molecule has 0 rings (SSSR count). The van der Waals surface area contributed by atoms with Crippen LogP contribution in [0.4, 0.5) is 0 Å². The van der Waals surface area contributed by atoms with E-state index in [0.29, 0.717) is 25.7 Å². The molecular weight excluding hydrogens is 1320 g/mol. The Morgan fingerprint density at radius 2 is 0.505 bits per heavy atom. The summed E-state index contributed by atoms with van der Waals surface area (Å²) in [6.07, 6.45) is 63.9. The van der Waals surface area contributed by atoms with Gasteiger partial charge >= 0.3 is 39.5 Å². The van der Waals surface area contributed by atoms with Gasteiger partial charge in [-0.3, -0.25) is 37.3 Å². The predicted molar refractivity (Wildman–Crippen MR) is 414 cm³/mol. The predicted octanol–water partition coefficient (Wildman–Crippen LogP) is 24.7. The Hall–Kier alpha value is -1.94. The Kier molecular flexibility index (Phi) is 72.2. The zero-order chi connectivity index (χ0) is 74.2. The molecule has 0 aromatic rings. The van der Waals surface area contributed by atoms with Crippen LogP contribution in [0.15, 0.2) is 0 Å². The zero-order valence-corrected chi connectivity index (χ0v) is 68.0. The lowest BCUT2D eigenvalue weighted by Gasteiger charge is -2.21. The van der Waals surface area contributed by atoms with Gasteiger partial charge in [0.25, 0.3) is 0 Å². The number of unbranched alkanes of at least 4 members (excludes halogenated alkanes) is 50. The molecule has 0 amide bonds. The molecule has 0 bridgehead atoms. The number of hydrogen-bond donors (Lipinski definition) is 3. The van der Waals surface area contributed by atoms with E-state index in [1.165, 1.54) is 238 Å². The van der Waals surface area contributed by atoms with Gasteiger partial charge in [-0.2, -0.15) is 0 Å². The molecule has 0 spiro atoms. The van der Waals surface area contributed by atoms with E-state index in [9.17, 15) is 43.2 Å². The molecule has 0 aliphatic heterocycles. The third-order valence-corrected chi connectivity index (χ3v) is 21.5. The van der Waals surface area contributed by atoms with Gasteiger partial charge in [0.1, 0.15) is 19.3 Å². The molecule has 3 unspecified atom stereocenters. The second kappa shape index (κ2) is 73.6. The van der Waals surface area contributed by atoms with E-state index in [1.807, 2.05) is 0 Å². The highest BCUT2D eigenvalue weighted by Gasteiger charge is 2.30. The minimum absolute atomic E-state index is 0.108. The Morgan fingerprint density at radius 3 is 0.752 bits per heavy atom. The fraction of sp³-hybridized carbons (Fsp3) is 0.951. The van der Waals surface area contributed by atoms with Gasteiger partial charge in [0.05, 0.1) is 26.4 Å². The molecule has 3 N–H and O–H groups in total. The minimum Gasteiger partial charge on any atom is -0.462 e. The van der Waals surface area contributed by atoms with E-state index < -0.39 is 97.5 Å². The van der Waals surface area contributed by atoms with Gasteiger partial charge in [-0.15, -0.1) is 0 Å². The van der Waals surface area contributed by atoms with E-state index >= 15 is 0 Å². The first-order chi connectivity index (χ1) is 48.9. The Morgan fingerprint density at radius 1 is 0.287 bits per heavy atom. The number of hydrogen-bond acceptors (Lipinski definition) is 15. The lowest BCUT2D eigenvalue weighted by Crippen LogP contribution is -2.30. The summed E-state index contributed by atoms with van der Waals surface area (Å²) >= 11 is 0. The molecule has 0 aliphatic rings. The number of phosphoric ester groups is 2. The Bertz CT molecular complexity index is 1940. The van der Waals surface area contributed by atoms with Crippen LogP contribution in [0.1, 0.15) is 433 Å². The molecule has 17 nitrogen and oxygen atoms in total. The van der Waals surface area contributed by atoms with Gasteiger partial charge in [0, 0.05) is 25.7 Å². The van der Waals surface area contributed by atoms with E-state index in [-0.39, 0.29) is 25.7 Å². The van der Waals surface area contributed by atoms with Crippen LogP contribution < -0.4 is 0 Å². The standard InChI is InChI=1S/C82H160O17P2/c1-7-10-12-14-16-17-18-19-20-26-31-37-42-48-54-60-66-81(86)98-77(70-92-79(84)64-58-52-44-15-13-11-8-2)72-96-100(88,89)94-68-76(83)69-95-101(90,91)97-73-78(71-93-80(85)65-59-53-47-41-36-33-28-29-34-39-45-50-56-62-74(4)5)99-82(87)67-61-55-49-43-38-32-27-24-22-21-23-25-30-35-40-46-51-57-63-75(6)9-3/h74-78,83H,7-73H2,1-6H3,(H,88,89)(H,90,91)/t75?,76-,77+,78+/m0/s1. The molecule has 19 heteroatoms. The van der Waals surface area contributed by atoms with Crippen molar-refractivity contribution in [1.82, 2.24) is 0 Å². The van der Waals surface area contributed by atoms with Gasteiger partial charge < -0.3 is 33.8 Å². The van der Waals surface area contributed by atoms with Crippen LogP contribution in [0.5, 0.6) is 0 Å². The van der Waals surface area contributed by atoms with Crippen molar-refractivity contribution in [3.8, 4) is 0 Å². The molecule has 0 saturated heterocycles. The average Bonchev–Trinajstić information content (AvgIpc) is 0.954. The van der Waals surface area contributed by atoms with Crippen molar-refractivity contribution < 1.29 is 80.2 Å². The van der Waals surface area contributed by atoms with E-state index in [2.05, 4.69) is 41.5 Å². The molecule has 0 heterocycles. The van der Waals surface area contributed by atoms with Crippen LogP contribution in [0.25, 0.3) is 0 Å². The first kappa shape index (κ1) is 99.1. The zero-order valence-electron chi connectivity index (χ0n) is 66.2. The highest BCUT2D eigenvalue weighted by atomic mass is 31.2. The lowest BCUT2D eigenvalue weighted by molar-refractivity contribution is -0.161. The summed E-state index contributed by atoms with van der Waals surface area (Å²) in [5.41, 5.74) is 0. The molecule has 0 fully saturated rings. The summed E-state index contributed by atoms with van der Waals surface area (Å²) in [6.45, 7) is 9.69. The number of carbonyl (C=O) groups excluding carboxylic acids is 4. The summed E-state index contributed by atoms with van der Waals surface area (Å²) in [7, 11) is -9.91. The minimum atomic E-state index is -4.96. The summed E-state index contributed by atoms with van der Waals surface area (Å²) < 4.78 is 68.6. The first-order valence-corrected chi connectivity index (χ1v) is 45.5.